The van der Waals surface area contributed by atoms with Crippen molar-refractivity contribution >= 4 is 54.4 Å². The van der Waals surface area contributed by atoms with Crippen LogP contribution in [0.1, 0.15) is 25.0 Å². The van der Waals surface area contributed by atoms with Crippen LogP contribution in [0.15, 0.2) is 146 Å². The van der Waals surface area contributed by atoms with Gasteiger partial charge in [-0.15, -0.1) is 0 Å². The van der Waals surface area contributed by atoms with Crippen molar-refractivity contribution in [3.8, 4) is 22.5 Å². The van der Waals surface area contributed by atoms with Gasteiger partial charge >= 0.3 is 0 Å². The summed E-state index contributed by atoms with van der Waals surface area (Å²) in [5, 5.41) is 7.70. The maximum atomic E-state index is 2.48. The lowest BCUT2D eigenvalue weighted by atomic mass is 9.82. The molecule has 2 nitrogen and oxygen atoms in total. The zero-order valence-corrected chi connectivity index (χ0v) is 25.3. The van der Waals surface area contributed by atoms with Crippen molar-refractivity contribution in [2.75, 3.05) is 0 Å². The normalized spacial score (nSPS) is 13.7. The number of hydrogen-bond donors (Lipinski definition) is 0. The summed E-state index contributed by atoms with van der Waals surface area (Å²) < 4.78 is 4.94. The lowest BCUT2D eigenvalue weighted by Gasteiger charge is -2.21. The van der Waals surface area contributed by atoms with Crippen LogP contribution in [0.5, 0.6) is 0 Å². The Morgan fingerprint density at radius 3 is 1.96 bits per heavy atom. The van der Waals surface area contributed by atoms with Gasteiger partial charge in [-0.3, -0.25) is 0 Å². The second-order valence-electron chi connectivity index (χ2n) is 13.0. The van der Waals surface area contributed by atoms with Crippen LogP contribution in [0.25, 0.3) is 76.9 Å². The van der Waals surface area contributed by atoms with Crippen LogP contribution >= 0.6 is 0 Å². The SMILES string of the molecule is CC1(C)c2ccccc2-c2cc(-n3c4ccccc4c4c5c6ccc7ccccc7c6n(-c6ccccc6)c5ccc43)ccc21. The van der Waals surface area contributed by atoms with E-state index in [1.54, 1.807) is 0 Å². The summed E-state index contributed by atoms with van der Waals surface area (Å²) >= 11 is 0. The quantitative estimate of drug-likeness (QED) is 0.194. The monoisotopic (exact) mass is 574 g/mol. The number of nitrogens with zero attached hydrogens (tertiary/aromatic N) is 2. The molecule has 0 saturated heterocycles. The Labute approximate surface area is 261 Å². The lowest BCUT2D eigenvalue weighted by molar-refractivity contribution is 0.660. The Kier molecular flexibility index (Phi) is 4.82. The molecule has 0 amide bonds. The molecule has 1 aliphatic rings. The van der Waals surface area contributed by atoms with E-state index in [4.69, 9.17) is 0 Å². The van der Waals surface area contributed by atoms with Crippen LogP contribution in [-0.2, 0) is 5.41 Å². The fourth-order valence-electron chi connectivity index (χ4n) is 8.30. The maximum absolute atomic E-state index is 2.48. The average Bonchev–Trinajstić information content (AvgIpc) is 3.69. The van der Waals surface area contributed by atoms with E-state index in [1.807, 2.05) is 0 Å². The molecule has 2 heteroatoms. The minimum absolute atomic E-state index is 0.0144. The Morgan fingerprint density at radius 1 is 0.422 bits per heavy atom. The van der Waals surface area contributed by atoms with E-state index in [1.165, 1.54) is 88.0 Å². The van der Waals surface area contributed by atoms with E-state index in [0.717, 1.165) is 0 Å². The predicted molar refractivity (Wildman–Crippen MR) is 190 cm³/mol. The zero-order valence-electron chi connectivity index (χ0n) is 25.3. The van der Waals surface area contributed by atoms with Crippen LogP contribution in [0, 0.1) is 0 Å². The van der Waals surface area contributed by atoms with Crippen molar-refractivity contribution in [1.82, 2.24) is 9.13 Å². The van der Waals surface area contributed by atoms with Crippen LogP contribution in [-0.4, -0.2) is 9.13 Å². The molecule has 0 radical (unpaired) electrons. The topological polar surface area (TPSA) is 9.86 Å². The number of hydrogen-bond acceptors (Lipinski definition) is 0. The minimum atomic E-state index is -0.0144. The molecule has 2 aromatic heterocycles. The first-order valence-electron chi connectivity index (χ1n) is 15.8. The summed E-state index contributed by atoms with van der Waals surface area (Å²) in [6, 6.07) is 53.8. The molecule has 0 aliphatic heterocycles. The second kappa shape index (κ2) is 8.74. The largest absolute Gasteiger partial charge is 0.309 e. The Morgan fingerprint density at radius 2 is 1.09 bits per heavy atom. The molecule has 2 heterocycles. The third kappa shape index (κ3) is 3.18. The van der Waals surface area contributed by atoms with Crippen molar-refractivity contribution in [3.63, 3.8) is 0 Å². The van der Waals surface area contributed by atoms with Crippen molar-refractivity contribution < 1.29 is 0 Å². The predicted octanol–water partition coefficient (Wildman–Crippen LogP) is 11.3. The first kappa shape index (κ1) is 24.8. The van der Waals surface area contributed by atoms with Gasteiger partial charge in [0.25, 0.3) is 0 Å². The van der Waals surface area contributed by atoms with Crippen LogP contribution in [0.4, 0.5) is 0 Å². The fraction of sp³-hybridized carbons (Fsp3) is 0.0698. The molecule has 0 spiro atoms. The molecule has 0 saturated carbocycles. The Bertz CT molecular complexity index is 2670. The molecule has 212 valence electrons. The lowest BCUT2D eigenvalue weighted by Crippen LogP contribution is -2.14. The Hall–Kier alpha value is -5.60. The average molecular weight is 575 g/mol. The summed E-state index contributed by atoms with van der Waals surface area (Å²) in [6.45, 7) is 4.70. The molecular weight excluding hydrogens is 544 g/mol. The van der Waals surface area contributed by atoms with E-state index < -0.39 is 0 Å². The molecule has 1 aliphatic carbocycles. The summed E-state index contributed by atoms with van der Waals surface area (Å²) in [5.74, 6) is 0. The second-order valence-corrected chi connectivity index (χ2v) is 13.0. The molecule has 10 rings (SSSR count). The van der Waals surface area contributed by atoms with Crippen molar-refractivity contribution in [1.29, 1.82) is 0 Å². The van der Waals surface area contributed by atoms with Gasteiger partial charge in [0, 0.05) is 43.7 Å². The third-order valence-electron chi connectivity index (χ3n) is 10.3. The fourth-order valence-corrected chi connectivity index (χ4v) is 8.30. The van der Waals surface area contributed by atoms with Gasteiger partial charge in [0.15, 0.2) is 0 Å². The molecule has 7 aromatic carbocycles. The van der Waals surface area contributed by atoms with E-state index in [9.17, 15) is 0 Å². The van der Waals surface area contributed by atoms with Gasteiger partial charge in [-0.05, 0) is 70.1 Å². The first-order valence-corrected chi connectivity index (χ1v) is 15.8. The van der Waals surface area contributed by atoms with Crippen molar-refractivity contribution in [3.05, 3.63) is 157 Å². The highest BCUT2D eigenvalue weighted by Crippen LogP contribution is 2.50. The van der Waals surface area contributed by atoms with Crippen LogP contribution in [0.2, 0.25) is 0 Å². The first-order chi connectivity index (χ1) is 22.1. The van der Waals surface area contributed by atoms with E-state index in [0.29, 0.717) is 0 Å². The standard InChI is InChI=1S/C43H30N2/c1-43(2)35-18-10-8-16-31(35)34-26-29(21-23-36(34)43)44-37-19-11-9-17-32(37)40-38(44)24-25-39-41(40)33-22-20-27-12-6-7-15-30(27)42(33)45(39)28-13-4-3-5-14-28/h3-26H,1-2H3. The van der Waals surface area contributed by atoms with Gasteiger partial charge in [-0.25, -0.2) is 0 Å². The van der Waals surface area contributed by atoms with Crippen molar-refractivity contribution in [2.45, 2.75) is 19.3 Å². The summed E-state index contributed by atoms with van der Waals surface area (Å²) in [6.07, 6.45) is 0. The van der Waals surface area contributed by atoms with Gasteiger partial charge in [0.1, 0.15) is 0 Å². The summed E-state index contributed by atoms with van der Waals surface area (Å²) in [7, 11) is 0. The number of aromatic nitrogens is 2. The van der Waals surface area contributed by atoms with Gasteiger partial charge in [0.2, 0.25) is 0 Å². The minimum Gasteiger partial charge on any atom is -0.309 e. The zero-order chi connectivity index (χ0) is 29.9. The Balaban J connectivity index is 1.36. The smallest absolute Gasteiger partial charge is 0.0619 e. The summed E-state index contributed by atoms with van der Waals surface area (Å²) in [5.41, 5.74) is 12.8. The molecule has 0 fully saturated rings. The molecular formula is C43H30N2. The van der Waals surface area contributed by atoms with E-state index in [2.05, 4.69) is 169 Å². The highest BCUT2D eigenvalue weighted by Gasteiger charge is 2.35. The van der Waals surface area contributed by atoms with Gasteiger partial charge in [0.05, 0.1) is 22.1 Å². The van der Waals surface area contributed by atoms with Gasteiger partial charge in [-0.1, -0.05) is 117 Å². The molecule has 45 heavy (non-hydrogen) atoms. The number of benzene rings is 7. The molecule has 9 aromatic rings. The number of fused-ring (bicyclic) bond motifs is 12. The maximum Gasteiger partial charge on any atom is 0.0619 e. The van der Waals surface area contributed by atoms with Gasteiger partial charge in [-0.2, -0.15) is 0 Å². The number of para-hydroxylation sites is 2. The molecule has 0 bridgehead atoms. The van der Waals surface area contributed by atoms with Gasteiger partial charge < -0.3 is 9.13 Å². The molecule has 0 N–H and O–H groups in total. The summed E-state index contributed by atoms with van der Waals surface area (Å²) in [4.78, 5) is 0. The molecule has 0 atom stereocenters. The van der Waals surface area contributed by atoms with E-state index in [-0.39, 0.29) is 5.41 Å². The number of rotatable bonds is 2. The van der Waals surface area contributed by atoms with Crippen LogP contribution < -0.4 is 0 Å². The third-order valence-corrected chi connectivity index (χ3v) is 10.3. The molecule has 0 unspecified atom stereocenters. The van der Waals surface area contributed by atoms with Crippen LogP contribution in [0.3, 0.4) is 0 Å². The highest BCUT2D eigenvalue weighted by molar-refractivity contribution is 6.31. The highest BCUT2D eigenvalue weighted by atomic mass is 15.0. The van der Waals surface area contributed by atoms with E-state index >= 15 is 0 Å². The van der Waals surface area contributed by atoms with Crippen molar-refractivity contribution in [2.24, 2.45) is 0 Å².